The summed E-state index contributed by atoms with van der Waals surface area (Å²) in [4.78, 5) is 14.9. The van der Waals surface area contributed by atoms with Crippen LogP contribution in [0.1, 0.15) is 27.9 Å². The van der Waals surface area contributed by atoms with Crippen LogP contribution in [0.3, 0.4) is 0 Å². The Balaban J connectivity index is 0.00000280. The molecule has 0 saturated carbocycles. The number of amides is 1. The number of carbonyl (C=O) groups is 1. The van der Waals surface area contributed by atoms with E-state index in [-0.39, 0.29) is 29.3 Å². The molecule has 1 fully saturated rings. The highest BCUT2D eigenvalue weighted by atomic mass is 35.5. The van der Waals surface area contributed by atoms with Gasteiger partial charge in [-0.3, -0.25) is 9.52 Å². The second-order valence-corrected chi connectivity index (χ2v) is 8.63. The number of rotatable bonds is 5. The molecule has 0 spiro atoms. The van der Waals surface area contributed by atoms with Crippen molar-refractivity contribution in [3.8, 4) is 0 Å². The largest absolute Gasteiger partial charge is 0.337 e. The van der Waals surface area contributed by atoms with Crippen molar-refractivity contribution in [1.29, 1.82) is 0 Å². The molecule has 1 aliphatic heterocycles. The van der Waals surface area contributed by atoms with Gasteiger partial charge >= 0.3 is 0 Å². The Hall–Kier alpha value is -2.09. The molecule has 2 aromatic rings. The third-order valence-corrected chi connectivity index (χ3v) is 6.44. The summed E-state index contributed by atoms with van der Waals surface area (Å²) in [6.45, 7) is 5.23. The number of benzene rings is 2. The molecule has 0 aromatic heterocycles. The fourth-order valence-corrected chi connectivity index (χ4v) is 4.69. The molecular weight excluding hydrogens is 398 g/mol. The molecule has 2 N–H and O–H groups in total. The number of para-hydroxylation sites is 1. The van der Waals surface area contributed by atoms with Gasteiger partial charge in [0.25, 0.3) is 15.9 Å². The van der Waals surface area contributed by atoms with Crippen molar-refractivity contribution in [2.24, 2.45) is 0 Å². The molecule has 8 heteroatoms. The predicted molar refractivity (Wildman–Crippen MR) is 114 cm³/mol. The van der Waals surface area contributed by atoms with E-state index in [1.54, 1.807) is 55.3 Å². The second kappa shape index (κ2) is 8.94. The molecule has 152 valence electrons. The fourth-order valence-electron chi connectivity index (χ4n) is 3.28. The Morgan fingerprint density at radius 2 is 1.89 bits per heavy atom. The van der Waals surface area contributed by atoms with E-state index in [9.17, 15) is 13.2 Å². The summed E-state index contributed by atoms with van der Waals surface area (Å²) >= 11 is 0. The molecule has 6 nitrogen and oxygen atoms in total. The maximum atomic E-state index is 13.0. The fraction of sp³-hybridized carbons (Fsp3) is 0.350. The Kier molecular flexibility index (Phi) is 7.09. The van der Waals surface area contributed by atoms with Crippen molar-refractivity contribution in [3.05, 3.63) is 59.2 Å². The molecule has 28 heavy (non-hydrogen) atoms. The third-order valence-electron chi connectivity index (χ3n) is 4.94. The highest BCUT2D eigenvalue weighted by Gasteiger charge is 2.27. The molecule has 1 unspecified atom stereocenters. The van der Waals surface area contributed by atoms with Crippen LogP contribution in [0.15, 0.2) is 47.4 Å². The minimum Gasteiger partial charge on any atom is -0.337 e. The van der Waals surface area contributed by atoms with Crippen LogP contribution in [0.2, 0.25) is 0 Å². The van der Waals surface area contributed by atoms with Crippen LogP contribution < -0.4 is 10.0 Å². The van der Waals surface area contributed by atoms with Crippen molar-refractivity contribution in [2.45, 2.75) is 31.2 Å². The maximum Gasteiger partial charge on any atom is 0.262 e. The zero-order valence-corrected chi connectivity index (χ0v) is 17.9. The molecule has 1 amide bonds. The van der Waals surface area contributed by atoms with Crippen LogP contribution in [0.5, 0.6) is 0 Å². The summed E-state index contributed by atoms with van der Waals surface area (Å²) in [5.74, 6) is -0.192. The summed E-state index contributed by atoms with van der Waals surface area (Å²) in [5, 5.41) is 3.24. The standard InChI is InChI=1S/C20H25N3O3S.ClH/c1-14-8-9-15(2)19(12-14)27(25,26)22-18-7-5-4-6-17(18)20(24)23(3)16-10-11-21-13-16;/h4-9,12,16,21-22H,10-11,13H2,1-3H3;1H. The number of halogens is 1. The van der Waals surface area contributed by atoms with Crippen LogP contribution in [-0.4, -0.2) is 45.4 Å². The zero-order valence-electron chi connectivity index (χ0n) is 16.2. The van der Waals surface area contributed by atoms with Crippen LogP contribution in [-0.2, 0) is 10.0 Å². The van der Waals surface area contributed by atoms with Crippen LogP contribution in [0.4, 0.5) is 5.69 Å². The number of hydrogen-bond donors (Lipinski definition) is 2. The Morgan fingerprint density at radius 1 is 1.18 bits per heavy atom. The lowest BCUT2D eigenvalue weighted by Gasteiger charge is -2.25. The molecule has 0 radical (unpaired) electrons. The Morgan fingerprint density at radius 3 is 2.57 bits per heavy atom. The zero-order chi connectivity index (χ0) is 19.6. The van der Waals surface area contributed by atoms with Crippen LogP contribution in [0.25, 0.3) is 0 Å². The molecular formula is C20H26ClN3O3S. The van der Waals surface area contributed by atoms with Crippen molar-refractivity contribution in [3.63, 3.8) is 0 Å². The molecule has 1 heterocycles. The number of aryl methyl sites for hydroxylation is 2. The lowest BCUT2D eigenvalue weighted by molar-refractivity contribution is 0.0745. The van der Waals surface area contributed by atoms with E-state index in [1.807, 2.05) is 13.0 Å². The molecule has 3 rings (SSSR count). The minimum absolute atomic E-state index is 0. The van der Waals surface area contributed by atoms with E-state index in [2.05, 4.69) is 10.0 Å². The first-order valence-corrected chi connectivity index (χ1v) is 10.4. The van der Waals surface area contributed by atoms with E-state index in [0.29, 0.717) is 16.8 Å². The van der Waals surface area contributed by atoms with Gasteiger partial charge in [0.15, 0.2) is 0 Å². The van der Waals surface area contributed by atoms with Gasteiger partial charge < -0.3 is 10.2 Å². The number of hydrogen-bond acceptors (Lipinski definition) is 4. The summed E-state index contributed by atoms with van der Waals surface area (Å²) in [6, 6.07) is 12.1. The van der Waals surface area contributed by atoms with Gasteiger partial charge in [-0.15, -0.1) is 12.4 Å². The topological polar surface area (TPSA) is 78.5 Å². The van der Waals surface area contributed by atoms with Gasteiger partial charge in [0.1, 0.15) is 0 Å². The van der Waals surface area contributed by atoms with Crippen molar-refractivity contribution < 1.29 is 13.2 Å². The van der Waals surface area contributed by atoms with E-state index in [4.69, 9.17) is 0 Å². The first kappa shape index (κ1) is 22.2. The molecule has 0 bridgehead atoms. The van der Waals surface area contributed by atoms with Gasteiger partial charge in [-0.2, -0.15) is 0 Å². The molecule has 1 aliphatic rings. The quantitative estimate of drug-likeness (QED) is 0.774. The highest BCUT2D eigenvalue weighted by molar-refractivity contribution is 7.92. The molecule has 1 atom stereocenters. The summed E-state index contributed by atoms with van der Waals surface area (Å²) in [7, 11) is -2.04. The molecule has 1 saturated heterocycles. The predicted octanol–water partition coefficient (Wildman–Crippen LogP) is 2.96. The van der Waals surface area contributed by atoms with E-state index >= 15 is 0 Å². The summed E-state index contributed by atoms with van der Waals surface area (Å²) < 4.78 is 28.5. The summed E-state index contributed by atoms with van der Waals surface area (Å²) in [5.41, 5.74) is 2.16. The summed E-state index contributed by atoms with van der Waals surface area (Å²) in [6.07, 6.45) is 0.888. The number of nitrogens with zero attached hydrogens (tertiary/aromatic N) is 1. The number of carbonyl (C=O) groups excluding carboxylic acids is 1. The highest BCUT2D eigenvalue weighted by Crippen LogP contribution is 2.24. The Labute approximate surface area is 172 Å². The number of sulfonamides is 1. The first-order valence-electron chi connectivity index (χ1n) is 8.96. The smallest absolute Gasteiger partial charge is 0.262 e. The van der Waals surface area contributed by atoms with E-state index in [0.717, 1.165) is 25.1 Å². The lowest BCUT2D eigenvalue weighted by Crippen LogP contribution is -2.38. The van der Waals surface area contributed by atoms with Gasteiger partial charge in [0.2, 0.25) is 0 Å². The van der Waals surface area contributed by atoms with Gasteiger partial charge in [-0.1, -0.05) is 24.3 Å². The van der Waals surface area contributed by atoms with Gasteiger partial charge in [0, 0.05) is 19.6 Å². The maximum absolute atomic E-state index is 13.0. The monoisotopic (exact) mass is 423 g/mol. The van der Waals surface area contributed by atoms with Crippen molar-refractivity contribution in [1.82, 2.24) is 10.2 Å². The normalized spacial score (nSPS) is 16.3. The number of anilines is 1. The minimum atomic E-state index is -3.80. The van der Waals surface area contributed by atoms with Crippen molar-refractivity contribution >= 4 is 34.0 Å². The SMILES string of the molecule is Cc1ccc(C)c(S(=O)(=O)Nc2ccccc2C(=O)N(C)C2CCNC2)c1.Cl. The average Bonchev–Trinajstić information content (AvgIpc) is 3.17. The molecule has 2 aromatic carbocycles. The van der Waals surface area contributed by atoms with Gasteiger partial charge in [-0.05, 0) is 56.1 Å². The van der Waals surface area contributed by atoms with Crippen LogP contribution >= 0.6 is 12.4 Å². The van der Waals surface area contributed by atoms with E-state index in [1.165, 1.54) is 0 Å². The number of likely N-dealkylation sites (N-methyl/N-ethyl adjacent to an activating group) is 1. The number of nitrogens with one attached hydrogen (secondary N) is 2. The van der Waals surface area contributed by atoms with Crippen molar-refractivity contribution in [2.75, 3.05) is 24.9 Å². The first-order chi connectivity index (χ1) is 12.8. The van der Waals surface area contributed by atoms with Gasteiger partial charge in [-0.25, -0.2) is 8.42 Å². The van der Waals surface area contributed by atoms with Crippen LogP contribution in [0, 0.1) is 13.8 Å². The average molecular weight is 424 g/mol. The Bertz CT molecular complexity index is 957. The second-order valence-electron chi connectivity index (χ2n) is 6.98. The van der Waals surface area contributed by atoms with E-state index < -0.39 is 10.0 Å². The lowest BCUT2D eigenvalue weighted by atomic mass is 10.1. The third kappa shape index (κ3) is 4.66. The molecule has 0 aliphatic carbocycles. The van der Waals surface area contributed by atoms with Gasteiger partial charge in [0.05, 0.1) is 16.1 Å².